The zero-order valence-electron chi connectivity index (χ0n) is 19.3. The van der Waals surface area contributed by atoms with E-state index in [0.717, 1.165) is 29.9 Å². The summed E-state index contributed by atoms with van der Waals surface area (Å²) < 4.78 is 1.76. The normalized spacial score (nSPS) is 24.3. The molecule has 2 aromatic rings. The van der Waals surface area contributed by atoms with Gasteiger partial charge in [-0.15, -0.1) is 5.10 Å². The molecule has 2 saturated heterocycles. The van der Waals surface area contributed by atoms with Crippen molar-refractivity contribution in [1.29, 1.82) is 0 Å². The van der Waals surface area contributed by atoms with E-state index in [1.807, 2.05) is 18.3 Å². The van der Waals surface area contributed by atoms with Gasteiger partial charge < -0.3 is 9.80 Å². The van der Waals surface area contributed by atoms with Gasteiger partial charge in [-0.05, 0) is 67.8 Å². The molecule has 3 aliphatic heterocycles. The highest BCUT2D eigenvalue weighted by Gasteiger charge is 2.40. The fraction of sp³-hybridized carbons (Fsp3) is 0.560. The predicted molar refractivity (Wildman–Crippen MR) is 123 cm³/mol. The van der Waals surface area contributed by atoms with Crippen LogP contribution in [-0.4, -0.2) is 68.2 Å². The third-order valence-corrected chi connectivity index (χ3v) is 8.15. The maximum atomic E-state index is 12.9. The van der Waals surface area contributed by atoms with Crippen LogP contribution >= 0.6 is 0 Å². The molecule has 1 aromatic heterocycles. The third kappa shape index (κ3) is 3.81. The largest absolute Gasteiger partial charge is 0.322 e. The zero-order valence-corrected chi connectivity index (χ0v) is 19.3. The Bertz CT molecular complexity index is 1150. The average molecular weight is 463 g/mol. The first kappa shape index (κ1) is 21.5. The number of imide groups is 1. The minimum Gasteiger partial charge on any atom is -0.322 e. The number of likely N-dealkylation sites (tertiary alicyclic amines) is 1. The van der Waals surface area contributed by atoms with Crippen molar-refractivity contribution in [2.24, 2.45) is 5.41 Å². The minimum atomic E-state index is -0.604. The number of nitrogens with one attached hydrogen (secondary N) is 1. The molecule has 4 heterocycles. The van der Waals surface area contributed by atoms with E-state index >= 15 is 0 Å². The fourth-order valence-corrected chi connectivity index (χ4v) is 6.10. The number of carbonyl (C=O) groups is 3. The lowest BCUT2D eigenvalue weighted by Crippen LogP contribution is -2.52. The van der Waals surface area contributed by atoms with Crippen molar-refractivity contribution in [3.05, 3.63) is 41.2 Å². The smallest absolute Gasteiger partial charge is 0.255 e. The van der Waals surface area contributed by atoms with Crippen molar-refractivity contribution >= 4 is 17.7 Å². The first-order valence-electron chi connectivity index (χ1n) is 12.4. The van der Waals surface area contributed by atoms with E-state index in [0.29, 0.717) is 23.9 Å². The SMILES string of the molecule is O=C1CCC(N2Cc3cc(-n4cc(CCN5CCCC6(CCC6)C5)nn4)ccc3C2=O)C(=O)N1. The van der Waals surface area contributed by atoms with Gasteiger partial charge in [0.15, 0.2) is 0 Å². The second kappa shape index (κ2) is 8.30. The van der Waals surface area contributed by atoms with Crippen LogP contribution in [0.15, 0.2) is 24.4 Å². The zero-order chi connectivity index (χ0) is 23.3. The second-order valence-corrected chi connectivity index (χ2v) is 10.4. The second-order valence-electron chi connectivity index (χ2n) is 10.4. The van der Waals surface area contributed by atoms with Crippen molar-refractivity contribution in [1.82, 2.24) is 30.1 Å². The van der Waals surface area contributed by atoms with Crippen LogP contribution in [0.3, 0.4) is 0 Å². The Hall–Kier alpha value is -3.07. The molecule has 0 radical (unpaired) electrons. The van der Waals surface area contributed by atoms with E-state index in [4.69, 9.17) is 0 Å². The maximum absolute atomic E-state index is 12.9. The number of amides is 3. The molecule has 6 rings (SSSR count). The lowest BCUT2D eigenvalue weighted by Gasteiger charge is -2.49. The highest BCUT2D eigenvalue weighted by Crippen LogP contribution is 2.47. The van der Waals surface area contributed by atoms with E-state index < -0.39 is 11.9 Å². The highest BCUT2D eigenvalue weighted by atomic mass is 16.2. The van der Waals surface area contributed by atoms with Gasteiger partial charge in [0.25, 0.3) is 5.91 Å². The third-order valence-electron chi connectivity index (χ3n) is 8.15. The molecule has 9 nitrogen and oxygen atoms in total. The molecule has 1 unspecified atom stereocenters. The van der Waals surface area contributed by atoms with Crippen molar-refractivity contribution in [2.45, 2.75) is 64.0 Å². The van der Waals surface area contributed by atoms with Crippen molar-refractivity contribution < 1.29 is 14.4 Å². The molecule has 3 fully saturated rings. The van der Waals surface area contributed by atoms with Crippen LogP contribution in [0.4, 0.5) is 0 Å². The molecule has 1 aliphatic carbocycles. The molecule has 1 aromatic carbocycles. The van der Waals surface area contributed by atoms with Gasteiger partial charge in [-0.25, -0.2) is 4.68 Å². The number of hydrogen-bond donors (Lipinski definition) is 1. The van der Waals surface area contributed by atoms with Crippen molar-refractivity contribution in [2.75, 3.05) is 19.6 Å². The molecule has 1 N–H and O–H groups in total. The lowest BCUT2D eigenvalue weighted by molar-refractivity contribution is -0.136. The number of aromatic nitrogens is 3. The Morgan fingerprint density at radius 1 is 1.12 bits per heavy atom. The Kier molecular flexibility index (Phi) is 5.24. The molecule has 178 valence electrons. The summed E-state index contributed by atoms with van der Waals surface area (Å²) in [6.07, 6.45) is 10.3. The summed E-state index contributed by atoms with van der Waals surface area (Å²) >= 11 is 0. The number of fused-ring (bicyclic) bond motifs is 1. The molecule has 1 spiro atoms. The number of carbonyl (C=O) groups excluding carboxylic acids is 3. The Balaban J connectivity index is 1.11. The van der Waals surface area contributed by atoms with Gasteiger partial charge in [-0.1, -0.05) is 11.6 Å². The molecule has 9 heteroatoms. The van der Waals surface area contributed by atoms with Gasteiger partial charge in [0.1, 0.15) is 6.04 Å². The van der Waals surface area contributed by atoms with E-state index in [2.05, 4.69) is 20.5 Å². The van der Waals surface area contributed by atoms with Crippen molar-refractivity contribution in [3.63, 3.8) is 0 Å². The molecule has 0 bridgehead atoms. The van der Waals surface area contributed by atoms with Gasteiger partial charge in [0, 0.05) is 38.0 Å². The fourth-order valence-electron chi connectivity index (χ4n) is 6.10. The van der Waals surface area contributed by atoms with Gasteiger partial charge in [0.2, 0.25) is 11.8 Å². The van der Waals surface area contributed by atoms with Gasteiger partial charge in [-0.3, -0.25) is 19.7 Å². The summed E-state index contributed by atoms with van der Waals surface area (Å²) in [5.41, 5.74) is 3.88. The molecular weight excluding hydrogens is 432 g/mol. The van der Waals surface area contributed by atoms with Crippen LogP contribution in [0, 0.1) is 5.41 Å². The first-order chi connectivity index (χ1) is 16.5. The monoisotopic (exact) mass is 462 g/mol. The van der Waals surface area contributed by atoms with Gasteiger partial charge >= 0.3 is 0 Å². The summed E-state index contributed by atoms with van der Waals surface area (Å²) in [6.45, 7) is 3.77. The summed E-state index contributed by atoms with van der Waals surface area (Å²) in [4.78, 5) is 40.8. The summed E-state index contributed by atoms with van der Waals surface area (Å²) in [5, 5.41) is 11.1. The van der Waals surface area contributed by atoms with Crippen molar-refractivity contribution in [3.8, 4) is 5.69 Å². The molecular formula is C25H30N6O3. The van der Waals surface area contributed by atoms with E-state index in [1.54, 1.807) is 15.6 Å². The molecule has 1 saturated carbocycles. The van der Waals surface area contributed by atoms with Crippen LogP contribution in [-0.2, 0) is 22.6 Å². The highest BCUT2D eigenvalue weighted by molar-refractivity contribution is 6.05. The maximum Gasteiger partial charge on any atom is 0.255 e. The van der Waals surface area contributed by atoms with Crippen LogP contribution in [0.1, 0.15) is 66.6 Å². The Morgan fingerprint density at radius 3 is 2.76 bits per heavy atom. The Morgan fingerprint density at radius 2 is 1.97 bits per heavy atom. The molecule has 34 heavy (non-hydrogen) atoms. The number of piperidine rings is 2. The number of hydrogen-bond acceptors (Lipinski definition) is 6. The topological polar surface area (TPSA) is 100 Å². The van der Waals surface area contributed by atoms with E-state index in [9.17, 15) is 14.4 Å². The van der Waals surface area contributed by atoms with Gasteiger partial charge in [0.05, 0.1) is 17.6 Å². The first-order valence-corrected chi connectivity index (χ1v) is 12.4. The predicted octanol–water partition coefficient (Wildman–Crippen LogP) is 1.84. The number of rotatable bonds is 5. The number of nitrogens with zero attached hydrogens (tertiary/aromatic N) is 5. The standard InChI is InChI=1S/C25H30N6O3/c32-22-6-5-21(23(33)26-22)30-14-17-13-19(3-4-20(17)24(30)34)31-15-18(27-28-31)7-12-29-11-2-10-25(16-29)8-1-9-25/h3-4,13,15,21H,1-2,5-12,14,16H2,(H,26,32,33). The quantitative estimate of drug-likeness (QED) is 0.681. The average Bonchev–Trinajstić information content (AvgIpc) is 3.41. The number of benzene rings is 1. The van der Waals surface area contributed by atoms with Gasteiger partial charge in [-0.2, -0.15) is 0 Å². The van der Waals surface area contributed by atoms with Crippen LogP contribution < -0.4 is 5.32 Å². The lowest BCUT2D eigenvalue weighted by atomic mass is 9.64. The van der Waals surface area contributed by atoms with E-state index in [-0.39, 0.29) is 18.2 Å². The summed E-state index contributed by atoms with van der Waals surface area (Å²) in [7, 11) is 0. The van der Waals surface area contributed by atoms with Crippen LogP contribution in [0.2, 0.25) is 0 Å². The molecule has 1 atom stereocenters. The summed E-state index contributed by atoms with van der Waals surface area (Å²) in [6, 6.07) is 5.01. The van der Waals surface area contributed by atoms with E-state index in [1.165, 1.54) is 45.2 Å². The molecule has 3 amide bonds. The minimum absolute atomic E-state index is 0.166. The van der Waals surface area contributed by atoms with Crippen LogP contribution in [0.5, 0.6) is 0 Å². The van der Waals surface area contributed by atoms with Crippen LogP contribution in [0.25, 0.3) is 5.69 Å². The Labute approximate surface area is 198 Å². The summed E-state index contributed by atoms with van der Waals surface area (Å²) in [5.74, 6) is -0.839. The molecule has 4 aliphatic rings.